The number of ketones is 1. The highest BCUT2D eigenvalue weighted by molar-refractivity contribution is 6.09. The third-order valence-electron chi connectivity index (χ3n) is 4.75. The van der Waals surface area contributed by atoms with Gasteiger partial charge in [-0.25, -0.2) is 0 Å². The van der Waals surface area contributed by atoms with Crippen LogP contribution < -0.4 is 5.32 Å². The lowest BCUT2D eigenvalue weighted by atomic mass is 10.0. The zero-order valence-corrected chi connectivity index (χ0v) is 15.5. The van der Waals surface area contributed by atoms with Gasteiger partial charge in [0.1, 0.15) is 0 Å². The minimum Gasteiger partial charge on any atom is -0.356 e. The summed E-state index contributed by atoms with van der Waals surface area (Å²) in [6.07, 6.45) is 3.52. The minimum absolute atomic E-state index is 0.000618. The molecule has 27 heavy (non-hydrogen) atoms. The number of amides is 2. The maximum absolute atomic E-state index is 12.1. The lowest BCUT2D eigenvalue weighted by Gasteiger charge is -2.23. The van der Waals surface area contributed by atoms with Gasteiger partial charge in [0.2, 0.25) is 11.8 Å². The van der Waals surface area contributed by atoms with Crippen molar-refractivity contribution in [1.29, 1.82) is 0 Å². The molecule has 0 aromatic heterocycles. The average molecular weight is 364 g/mol. The van der Waals surface area contributed by atoms with Crippen molar-refractivity contribution in [3.63, 3.8) is 0 Å². The molecule has 5 nitrogen and oxygen atoms in total. The maximum atomic E-state index is 12.1. The van der Waals surface area contributed by atoms with Gasteiger partial charge in [0.05, 0.1) is 12.8 Å². The number of benzene rings is 2. The standard InChI is InChI=1S/C22H24N2O3/c1-16-15-24(22(27)14-20(16)25)11-5-4-10-23-21(26)13-17-8-9-18-6-2-3-7-19(18)12-17/h2-3,6-9,12,15H,4-5,10-11,13-14H2,1H3,(H,23,26). The van der Waals surface area contributed by atoms with Gasteiger partial charge in [-0.05, 0) is 36.1 Å². The van der Waals surface area contributed by atoms with E-state index >= 15 is 0 Å². The van der Waals surface area contributed by atoms with E-state index < -0.39 is 0 Å². The number of carbonyl (C=O) groups is 3. The predicted molar refractivity (Wildman–Crippen MR) is 105 cm³/mol. The Labute approximate surface area is 159 Å². The van der Waals surface area contributed by atoms with Crippen LogP contribution in [0.2, 0.25) is 0 Å². The van der Waals surface area contributed by atoms with Crippen molar-refractivity contribution in [2.24, 2.45) is 0 Å². The van der Waals surface area contributed by atoms with Crippen LogP contribution in [0.4, 0.5) is 0 Å². The molecule has 0 unspecified atom stereocenters. The Bertz CT molecular complexity index is 901. The van der Waals surface area contributed by atoms with Gasteiger partial charge in [-0.3, -0.25) is 14.4 Å². The van der Waals surface area contributed by atoms with E-state index in [0.717, 1.165) is 23.8 Å². The number of allylic oxidation sites excluding steroid dienone is 1. The molecule has 0 saturated heterocycles. The summed E-state index contributed by atoms with van der Waals surface area (Å²) in [7, 11) is 0. The third kappa shape index (κ3) is 5.03. The number of Topliss-reactive ketones (excluding diaryl/α,β-unsaturated/α-hetero) is 1. The van der Waals surface area contributed by atoms with Crippen molar-refractivity contribution in [1.82, 2.24) is 10.2 Å². The SMILES string of the molecule is CC1=CN(CCCCNC(=O)Cc2ccc3ccccc3c2)C(=O)CC1=O. The van der Waals surface area contributed by atoms with Gasteiger partial charge in [0, 0.05) is 24.9 Å². The zero-order chi connectivity index (χ0) is 19.2. The highest BCUT2D eigenvalue weighted by Crippen LogP contribution is 2.16. The van der Waals surface area contributed by atoms with Crippen LogP contribution in [0.1, 0.15) is 31.7 Å². The molecular weight excluding hydrogens is 340 g/mol. The summed E-state index contributed by atoms with van der Waals surface area (Å²) in [6.45, 7) is 2.88. The van der Waals surface area contributed by atoms with E-state index in [1.165, 1.54) is 5.39 Å². The van der Waals surface area contributed by atoms with Crippen molar-refractivity contribution in [2.75, 3.05) is 13.1 Å². The molecule has 140 valence electrons. The summed E-state index contributed by atoms with van der Waals surface area (Å²) in [5.74, 6) is -0.246. The molecule has 0 fully saturated rings. The molecule has 0 radical (unpaired) electrons. The Morgan fingerprint density at radius 1 is 1.07 bits per heavy atom. The van der Waals surface area contributed by atoms with Gasteiger partial charge < -0.3 is 10.2 Å². The highest BCUT2D eigenvalue weighted by atomic mass is 16.2. The fourth-order valence-electron chi connectivity index (χ4n) is 3.18. The molecule has 1 aliphatic heterocycles. The summed E-state index contributed by atoms with van der Waals surface area (Å²) in [4.78, 5) is 37.0. The molecule has 0 saturated carbocycles. The number of rotatable bonds is 7. The molecule has 5 heteroatoms. The van der Waals surface area contributed by atoms with Crippen LogP contribution in [-0.2, 0) is 20.8 Å². The Balaban J connectivity index is 1.39. The number of hydrogen-bond acceptors (Lipinski definition) is 3. The first kappa shape index (κ1) is 18.8. The first-order valence-corrected chi connectivity index (χ1v) is 9.28. The van der Waals surface area contributed by atoms with E-state index in [0.29, 0.717) is 25.1 Å². The summed E-state index contributed by atoms with van der Waals surface area (Å²) < 4.78 is 0. The van der Waals surface area contributed by atoms with Gasteiger partial charge in [-0.1, -0.05) is 42.5 Å². The van der Waals surface area contributed by atoms with Crippen molar-refractivity contribution in [3.05, 3.63) is 59.8 Å². The van der Waals surface area contributed by atoms with Gasteiger partial charge in [0.15, 0.2) is 5.78 Å². The Kier molecular flexibility index (Phi) is 6.01. The van der Waals surface area contributed by atoms with Gasteiger partial charge in [-0.15, -0.1) is 0 Å². The van der Waals surface area contributed by atoms with E-state index in [1.54, 1.807) is 18.0 Å². The molecule has 0 bridgehead atoms. The molecule has 2 amide bonds. The average Bonchev–Trinajstić information content (AvgIpc) is 2.65. The fraction of sp³-hybridized carbons (Fsp3) is 0.318. The van der Waals surface area contributed by atoms with Crippen LogP contribution in [0, 0.1) is 0 Å². The lowest BCUT2D eigenvalue weighted by Crippen LogP contribution is -2.34. The number of nitrogens with one attached hydrogen (secondary N) is 1. The second kappa shape index (κ2) is 8.62. The van der Waals surface area contributed by atoms with Crippen LogP contribution in [0.15, 0.2) is 54.2 Å². The molecule has 0 aliphatic carbocycles. The third-order valence-corrected chi connectivity index (χ3v) is 4.75. The normalized spacial score (nSPS) is 14.4. The smallest absolute Gasteiger partial charge is 0.234 e. The summed E-state index contributed by atoms with van der Waals surface area (Å²) in [5.41, 5.74) is 1.62. The van der Waals surface area contributed by atoms with Gasteiger partial charge in [-0.2, -0.15) is 0 Å². The number of carbonyl (C=O) groups excluding carboxylic acids is 3. The predicted octanol–water partition coefficient (Wildman–Crippen LogP) is 2.98. The maximum Gasteiger partial charge on any atom is 0.234 e. The quantitative estimate of drug-likeness (QED) is 0.607. The number of unbranched alkanes of at least 4 members (excludes halogenated alkanes) is 1. The molecule has 1 heterocycles. The lowest BCUT2D eigenvalue weighted by molar-refractivity contribution is -0.133. The van der Waals surface area contributed by atoms with Crippen LogP contribution in [-0.4, -0.2) is 35.6 Å². The van der Waals surface area contributed by atoms with E-state index in [2.05, 4.69) is 11.4 Å². The minimum atomic E-state index is -0.147. The van der Waals surface area contributed by atoms with E-state index in [1.807, 2.05) is 36.4 Å². The summed E-state index contributed by atoms with van der Waals surface area (Å²) >= 11 is 0. The van der Waals surface area contributed by atoms with E-state index in [-0.39, 0.29) is 24.0 Å². The monoisotopic (exact) mass is 364 g/mol. The molecule has 1 N–H and O–H groups in total. The van der Waals surface area contributed by atoms with Crippen LogP contribution in [0.25, 0.3) is 10.8 Å². The van der Waals surface area contributed by atoms with Gasteiger partial charge >= 0.3 is 0 Å². The van der Waals surface area contributed by atoms with Crippen molar-refractivity contribution < 1.29 is 14.4 Å². The van der Waals surface area contributed by atoms with Crippen LogP contribution >= 0.6 is 0 Å². The Hall–Kier alpha value is -2.95. The van der Waals surface area contributed by atoms with Crippen molar-refractivity contribution in [3.8, 4) is 0 Å². The molecular formula is C22H24N2O3. The Morgan fingerprint density at radius 3 is 2.67 bits per heavy atom. The van der Waals surface area contributed by atoms with Crippen LogP contribution in [0.5, 0.6) is 0 Å². The van der Waals surface area contributed by atoms with Crippen molar-refractivity contribution in [2.45, 2.75) is 32.6 Å². The fourth-order valence-corrected chi connectivity index (χ4v) is 3.18. The topological polar surface area (TPSA) is 66.5 Å². The number of fused-ring (bicyclic) bond motifs is 1. The van der Waals surface area contributed by atoms with Crippen LogP contribution in [0.3, 0.4) is 0 Å². The molecule has 2 aromatic carbocycles. The second-order valence-electron chi connectivity index (χ2n) is 6.91. The second-order valence-corrected chi connectivity index (χ2v) is 6.91. The summed E-state index contributed by atoms with van der Waals surface area (Å²) in [6, 6.07) is 14.2. The molecule has 0 spiro atoms. The van der Waals surface area contributed by atoms with E-state index in [9.17, 15) is 14.4 Å². The molecule has 0 atom stereocenters. The Morgan fingerprint density at radius 2 is 1.85 bits per heavy atom. The molecule has 1 aliphatic rings. The van der Waals surface area contributed by atoms with Crippen molar-refractivity contribution >= 4 is 28.4 Å². The number of hydrogen-bond donors (Lipinski definition) is 1. The first-order chi connectivity index (χ1) is 13.0. The highest BCUT2D eigenvalue weighted by Gasteiger charge is 2.22. The van der Waals surface area contributed by atoms with E-state index in [4.69, 9.17) is 0 Å². The molecule has 3 rings (SSSR count). The summed E-state index contributed by atoms with van der Waals surface area (Å²) in [5, 5.41) is 5.23. The first-order valence-electron chi connectivity index (χ1n) is 9.28. The van der Waals surface area contributed by atoms with Gasteiger partial charge in [0.25, 0.3) is 0 Å². The number of nitrogens with zero attached hydrogens (tertiary/aromatic N) is 1. The largest absolute Gasteiger partial charge is 0.356 e. The molecule has 2 aromatic rings. The zero-order valence-electron chi connectivity index (χ0n) is 15.5.